The van der Waals surface area contributed by atoms with Crippen LogP contribution in [0.25, 0.3) is 0 Å². The van der Waals surface area contributed by atoms with Crippen LogP contribution in [0, 0.1) is 0 Å². The Balaban J connectivity index is 2.41. The Morgan fingerprint density at radius 2 is 2.50 bits per heavy atom. The summed E-state index contributed by atoms with van der Waals surface area (Å²) in [4.78, 5) is 11.0. The summed E-state index contributed by atoms with van der Waals surface area (Å²) in [5.74, 6) is 0.768. The summed E-state index contributed by atoms with van der Waals surface area (Å²) in [5, 5.41) is 1.83. The van der Waals surface area contributed by atoms with E-state index in [2.05, 4.69) is 6.58 Å². The fourth-order valence-electron chi connectivity index (χ4n) is 0.732. The van der Waals surface area contributed by atoms with Crippen molar-refractivity contribution >= 4 is 17.6 Å². The third-order valence-corrected chi connectivity index (χ3v) is 2.14. The van der Waals surface area contributed by atoms with E-state index in [1.54, 1.807) is 12.1 Å². The van der Waals surface area contributed by atoms with Gasteiger partial charge in [-0.15, -0.1) is 17.9 Å². The summed E-state index contributed by atoms with van der Waals surface area (Å²) in [5.41, 5.74) is 0. The first-order valence-corrected chi connectivity index (χ1v) is 4.52. The van der Waals surface area contributed by atoms with Crippen molar-refractivity contribution in [2.45, 2.75) is 6.42 Å². The Hall–Kier alpha value is -1.09. The van der Waals surface area contributed by atoms with Gasteiger partial charge in [0.15, 0.2) is 6.29 Å². The molecule has 0 aliphatic carbocycles. The molecular weight excluding hydrogens is 172 g/mol. The molecule has 0 bridgehead atoms. The van der Waals surface area contributed by atoms with Crippen LogP contribution < -0.4 is 4.74 Å². The quantitative estimate of drug-likeness (QED) is 0.397. The van der Waals surface area contributed by atoms with Crippen molar-refractivity contribution in [1.29, 1.82) is 0 Å². The number of hydrogen-bond donors (Lipinski definition) is 0. The highest BCUT2D eigenvalue weighted by atomic mass is 32.1. The topological polar surface area (TPSA) is 26.3 Å². The number of carbonyl (C=O) groups is 1. The SMILES string of the molecule is C=CCCOc1csc(C=O)c1. The molecule has 12 heavy (non-hydrogen) atoms. The van der Waals surface area contributed by atoms with E-state index in [0.29, 0.717) is 11.5 Å². The third-order valence-electron chi connectivity index (χ3n) is 1.30. The second-order valence-electron chi connectivity index (χ2n) is 2.23. The molecule has 0 atom stereocenters. The number of aldehydes is 1. The number of thiophene rings is 1. The summed E-state index contributed by atoms with van der Waals surface area (Å²) in [7, 11) is 0. The van der Waals surface area contributed by atoms with Gasteiger partial charge in [0.25, 0.3) is 0 Å². The molecule has 3 heteroatoms. The Morgan fingerprint density at radius 1 is 1.67 bits per heavy atom. The molecule has 0 aromatic carbocycles. The first-order chi connectivity index (χ1) is 5.86. The van der Waals surface area contributed by atoms with Gasteiger partial charge in [0.2, 0.25) is 0 Å². The summed E-state index contributed by atoms with van der Waals surface area (Å²) in [6, 6.07) is 1.74. The zero-order valence-corrected chi connectivity index (χ0v) is 7.47. The molecule has 1 aromatic heterocycles. The van der Waals surface area contributed by atoms with Gasteiger partial charge in [0, 0.05) is 11.4 Å². The summed E-state index contributed by atoms with van der Waals surface area (Å²) in [6.45, 7) is 4.20. The van der Waals surface area contributed by atoms with Crippen LogP contribution in [-0.2, 0) is 0 Å². The van der Waals surface area contributed by atoms with Gasteiger partial charge in [-0.05, 0) is 6.42 Å². The molecule has 0 spiro atoms. The fourth-order valence-corrected chi connectivity index (χ4v) is 1.36. The molecule has 0 saturated carbocycles. The van der Waals surface area contributed by atoms with Crippen LogP contribution in [0.4, 0.5) is 0 Å². The van der Waals surface area contributed by atoms with Gasteiger partial charge in [-0.2, -0.15) is 0 Å². The molecular formula is C9H10O2S. The molecule has 0 aliphatic rings. The second-order valence-corrected chi connectivity index (χ2v) is 3.17. The Bertz CT molecular complexity index is 265. The highest BCUT2D eigenvalue weighted by molar-refractivity contribution is 7.11. The van der Waals surface area contributed by atoms with E-state index in [1.807, 2.05) is 5.38 Å². The summed E-state index contributed by atoms with van der Waals surface area (Å²) in [6.07, 6.45) is 3.45. The van der Waals surface area contributed by atoms with Crippen LogP contribution in [0.2, 0.25) is 0 Å². The van der Waals surface area contributed by atoms with E-state index >= 15 is 0 Å². The molecule has 1 heterocycles. The van der Waals surface area contributed by atoms with Crippen LogP contribution in [-0.4, -0.2) is 12.9 Å². The van der Waals surface area contributed by atoms with Crippen molar-refractivity contribution in [3.8, 4) is 5.75 Å². The lowest BCUT2D eigenvalue weighted by molar-refractivity contribution is 0.112. The standard InChI is InChI=1S/C9H10O2S/c1-2-3-4-11-8-5-9(6-10)12-7-8/h2,5-7H,1,3-4H2. The summed E-state index contributed by atoms with van der Waals surface area (Å²) < 4.78 is 5.31. The molecule has 0 fully saturated rings. The van der Waals surface area contributed by atoms with Crippen LogP contribution in [0.15, 0.2) is 24.1 Å². The van der Waals surface area contributed by atoms with Gasteiger partial charge in [0.05, 0.1) is 11.5 Å². The average Bonchev–Trinajstić information content (AvgIpc) is 2.53. The van der Waals surface area contributed by atoms with Gasteiger partial charge < -0.3 is 4.74 Å². The second kappa shape index (κ2) is 4.72. The van der Waals surface area contributed by atoms with Gasteiger partial charge in [-0.25, -0.2) is 0 Å². The molecule has 0 aliphatic heterocycles. The van der Waals surface area contributed by atoms with E-state index < -0.39 is 0 Å². The first-order valence-electron chi connectivity index (χ1n) is 3.64. The van der Waals surface area contributed by atoms with E-state index in [4.69, 9.17) is 4.74 Å². The molecule has 0 saturated heterocycles. The first kappa shape index (κ1) is 9.00. The van der Waals surface area contributed by atoms with Crippen molar-refractivity contribution in [2.24, 2.45) is 0 Å². The third kappa shape index (κ3) is 2.51. The largest absolute Gasteiger partial charge is 0.492 e. The molecule has 1 rings (SSSR count). The van der Waals surface area contributed by atoms with Gasteiger partial charge in [-0.1, -0.05) is 6.08 Å². The Morgan fingerprint density at radius 3 is 3.08 bits per heavy atom. The number of ether oxygens (including phenoxy) is 1. The Labute approximate surface area is 75.5 Å². The van der Waals surface area contributed by atoms with E-state index in [-0.39, 0.29) is 0 Å². The summed E-state index contributed by atoms with van der Waals surface area (Å²) >= 11 is 1.39. The monoisotopic (exact) mass is 182 g/mol. The Kier molecular flexibility index (Phi) is 3.54. The maximum absolute atomic E-state index is 10.3. The maximum atomic E-state index is 10.3. The molecule has 1 aromatic rings. The molecule has 2 nitrogen and oxygen atoms in total. The average molecular weight is 182 g/mol. The van der Waals surface area contributed by atoms with Crippen molar-refractivity contribution < 1.29 is 9.53 Å². The molecule has 0 amide bonds. The van der Waals surface area contributed by atoms with E-state index in [9.17, 15) is 4.79 Å². The van der Waals surface area contributed by atoms with E-state index in [0.717, 1.165) is 18.5 Å². The van der Waals surface area contributed by atoms with Crippen LogP contribution >= 0.6 is 11.3 Å². The van der Waals surface area contributed by atoms with Crippen LogP contribution in [0.5, 0.6) is 5.75 Å². The van der Waals surface area contributed by atoms with Crippen molar-refractivity contribution in [1.82, 2.24) is 0 Å². The van der Waals surface area contributed by atoms with Crippen molar-refractivity contribution in [2.75, 3.05) is 6.61 Å². The van der Waals surface area contributed by atoms with Crippen molar-refractivity contribution in [3.63, 3.8) is 0 Å². The molecule has 64 valence electrons. The number of rotatable bonds is 5. The predicted octanol–water partition coefficient (Wildman–Crippen LogP) is 2.52. The molecule has 0 unspecified atom stereocenters. The lowest BCUT2D eigenvalue weighted by Crippen LogP contribution is -1.93. The zero-order valence-electron chi connectivity index (χ0n) is 6.66. The number of hydrogen-bond acceptors (Lipinski definition) is 3. The highest BCUT2D eigenvalue weighted by Gasteiger charge is 1.97. The molecule has 0 radical (unpaired) electrons. The minimum absolute atomic E-state index is 0.624. The van der Waals surface area contributed by atoms with Gasteiger partial charge in [0.1, 0.15) is 5.75 Å². The van der Waals surface area contributed by atoms with Gasteiger partial charge in [-0.3, -0.25) is 4.79 Å². The molecule has 0 N–H and O–H groups in total. The van der Waals surface area contributed by atoms with Crippen LogP contribution in [0.1, 0.15) is 16.1 Å². The van der Waals surface area contributed by atoms with Crippen LogP contribution in [0.3, 0.4) is 0 Å². The van der Waals surface area contributed by atoms with Crippen molar-refractivity contribution in [3.05, 3.63) is 29.0 Å². The smallest absolute Gasteiger partial charge is 0.160 e. The zero-order chi connectivity index (χ0) is 8.81. The minimum atomic E-state index is 0.624. The van der Waals surface area contributed by atoms with E-state index in [1.165, 1.54) is 11.3 Å². The predicted molar refractivity (Wildman–Crippen MR) is 50.0 cm³/mol. The fraction of sp³-hybridized carbons (Fsp3) is 0.222. The highest BCUT2D eigenvalue weighted by Crippen LogP contribution is 2.19. The normalized spacial score (nSPS) is 9.33. The maximum Gasteiger partial charge on any atom is 0.160 e. The number of carbonyl (C=O) groups excluding carboxylic acids is 1. The lowest BCUT2D eigenvalue weighted by atomic mass is 10.4. The minimum Gasteiger partial charge on any atom is -0.492 e. The lowest BCUT2D eigenvalue weighted by Gasteiger charge is -1.98. The van der Waals surface area contributed by atoms with Gasteiger partial charge >= 0.3 is 0 Å².